The first-order valence-electron chi connectivity index (χ1n) is 10.1. The molecule has 1 fully saturated rings. The molecular weight excluding hydrogens is 418 g/mol. The van der Waals surface area contributed by atoms with Crippen molar-refractivity contribution < 1.29 is 9.21 Å². The van der Waals surface area contributed by atoms with Crippen molar-refractivity contribution in [3.63, 3.8) is 0 Å². The number of hydrogen-bond donors (Lipinski definition) is 1. The van der Waals surface area contributed by atoms with Crippen LogP contribution in [-0.4, -0.2) is 49.4 Å². The van der Waals surface area contributed by atoms with Gasteiger partial charge in [-0.25, -0.2) is 4.79 Å². The molecule has 0 bridgehead atoms. The average Bonchev–Trinajstić information content (AvgIpc) is 3.45. The summed E-state index contributed by atoms with van der Waals surface area (Å²) in [5.41, 5.74) is 0.864. The van der Waals surface area contributed by atoms with Crippen LogP contribution < -0.4 is 11.2 Å². The number of aromatic nitrogens is 4. The quantitative estimate of drug-likeness (QED) is 0.554. The molecular formula is C21H23N5O4S. The van der Waals surface area contributed by atoms with E-state index in [1.54, 1.807) is 6.92 Å². The Balaban J connectivity index is 1.48. The van der Waals surface area contributed by atoms with Crippen molar-refractivity contribution >= 4 is 17.7 Å². The summed E-state index contributed by atoms with van der Waals surface area (Å²) in [5.74, 6) is 0.556. The number of aryl methyl sites for hydroxylation is 1. The number of hydrogen-bond acceptors (Lipinski definition) is 7. The van der Waals surface area contributed by atoms with Gasteiger partial charge >= 0.3 is 5.69 Å². The fourth-order valence-electron chi connectivity index (χ4n) is 3.54. The van der Waals surface area contributed by atoms with Gasteiger partial charge in [-0.1, -0.05) is 42.1 Å². The van der Waals surface area contributed by atoms with Crippen molar-refractivity contribution in [1.29, 1.82) is 0 Å². The second-order valence-corrected chi connectivity index (χ2v) is 8.35. The van der Waals surface area contributed by atoms with Crippen LogP contribution in [0.3, 0.4) is 0 Å². The molecule has 2 aromatic heterocycles. The molecule has 0 saturated carbocycles. The van der Waals surface area contributed by atoms with Crippen LogP contribution in [0.2, 0.25) is 0 Å². The number of rotatable bonds is 7. The Morgan fingerprint density at radius 1 is 1.16 bits per heavy atom. The Morgan fingerprint density at radius 3 is 2.65 bits per heavy atom. The summed E-state index contributed by atoms with van der Waals surface area (Å²) in [4.78, 5) is 42.1. The van der Waals surface area contributed by atoms with Crippen molar-refractivity contribution in [2.75, 3.05) is 18.8 Å². The maximum Gasteiger partial charge on any atom is 0.328 e. The topological polar surface area (TPSA) is 114 Å². The molecule has 10 heteroatoms. The summed E-state index contributed by atoms with van der Waals surface area (Å²) < 4.78 is 6.79. The number of nitrogens with one attached hydrogen (secondary N) is 1. The maximum absolute atomic E-state index is 13.0. The first-order chi connectivity index (χ1) is 15.0. The van der Waals surface area contributed by atoms with Crippen molar-refractivity contribution in [1.82, 2.24) is 24.6 Å². The molecule has 0 radical (unpaired) electrons. The standard InChI is InChI=1S/C21H23N5O4S/c1-14-16(19(28)26(20(29)22-14)12-15-7-3-2-4-8-15)11-17-23-24-21(30-17)31-13-18(27)25-9-5-6-10-25/h2-4,7-8H,5-6,9-13H2,1H3,(H,22,29). The summed E-state index contributed by atoms with van der Waals surface area (Å²) in [5, 5.41) is 8.26. The summed E-state index contributed by atoms with van der Waals surface area (Å²) in [6.07, 6.45) is 2.19. The zero-order chi connectivity index (χ0) is 21.8. The van der Waals surface area contributed by atoms with Crippen LogP contribution in [0.5, 0.6) is 0 Å². The monoisotopic (exact) mass is 441 g/mol. The number of benzene rings is 1. The SMILES string of the molecule is Cc1[nH]c(=O)n(Cc2ccccc2)c(=O)c1Cc1nnc(SCC(=O)N2CCCC2)o1. The zero-order valence-corrected chi connectivity index (χ0v) is 18.0. The first-order valence-corrected chi connectivity index (χ1v) is 11.1. The molecule has 3 aromatic rings. The predicted octanol–water partition coefficient (Wildman–Crippen LogP) is 1.58. The molecule has 4 rings (SSSR count). The van der Waals surface area contributed by atoms with Crippen LogP contribution in [0.25, 0.3) is 0 Å². The zero-order valence-electron chi connectivity index (χ0n) is 17.2. The van der Waals surface area contributed by atoms with Crippen molar-refractivity contribution in [3.8, 4) is 0 Å². The third kappa shape index (κ3) is 4.96. The molecule has 1 aliphatic heterocycles. The smallest absolute Gasteiger partial charge is 0.328 e. The average molecular weight is 442 g/mol. The second-order valence-electron chi connectivity index (χ2n) is 7.43. The van der Waals surface area contributed by atoms with Crippen LogP contribution >= 0.6 is 11.8 Å². The minimum Gasteiger partial charge on any atom is -0.416 e. The van der Waals surface area contributed by atoms with E-state index in [1.807, 2.05) is 35.2 Å². The predicted molar refractivity (Wildman–Crippen MR) is 115 cm³/mol. The Hall–Kier alpha value is -3.14. The molecule has 0 atom stereocenters. The van der Waals surface area contributed by atoms with Gasteiger partial charge in [0.25, 0.3) is 10.8 Å². The number of aromatic amines is 1. The van der Waals surface area contributed by atoms with Crippen LogP contribution in [-0.2, 0) is 17.8 Å². The van der Waals surface area contributed by atoms with Gasteiger partial charge in [0.05, 0.1) is 18.7 Å². The summed E-state index contributed by atoms with van der Waals surface area (Å²) in [6, 6.07) is 9.30. The van der Waals surface area contributed by atoms with E-state index in [9.17, 15) is 14.4 Å². The first kappa shape index (κ1) is 21.1. The normalized spacial score (nSPS) is 13.6. The third-order valence-corrected chi connectivity index (χ3v) is 6.04. The highest BCUT2D eigenvalue weighted by molar-refractivity contribution is 7.99. The Morgan fingerprint density at radius 2 is 1.90 bits per heavy atom. The van der Waals surface area contributed by atoms with E-state index in [2.05, 4.69) is 15.2 Å². The fourth-order valence-corrected chi connectivity index (χ4v) is 4.22. The molecule has 1 amide bonds. The van der Waals surface area contributed by atoms with Gasteiger partial charge in [0.1, 0.15) is 0 Å². The number of thioether (sulfide) groups is 1. The van der Waals surface area contributed by atoms with Gasteiger partial charge in [-0.3, -0.25) is 14.2 Å². The lowest BCUT2D eigenvalue weighted by atomic mass is 10.1. The van der Waals surface area contributed by atoms with Gasteiger partial charge in [0.2, 0.25) is 11.8 Å². The molecule has 3 heterocycles. The molecule has 1 N–H and O–H groups in total. The van der Waals surface area contributed by atoms with E-state index in [0.29, 0.717) is 11.3 Å². The molecule has 0 unspecified atom stereocenters. The Labute approximate surface area is 182 Å². The maximum atomic E-state index is 13.0. The van der Waals surface area contributed by atoms with Gasteiger partial charge in [0, 0.05) is 24.3 Å². The molecule has 9 nitrogen and oxygen atoms in total. The largest absolute Gasteiger partial charge is 0.416 e. The Bertz CT molecular complexity index is 1180. The van der Waals surface area contributed by atoms with E-state index >= 15 is 0 Å². The van der Waals surface area contributed by atoms with Crippen LogP contribution in [0.15, 0.2) is 49.6 Å². The van der Waals surface area contributed by atoms with Crippen LogP contribution in [0.4, 0.5) is 0 Å². The number of nitrogens with zero attached hydrogens (tertiary/aromatic N) is 4. The summed E-state index contributed by atoms with van der Waals surface area (Å²) >= 11 is 1.19. The minimum atomic E-state index is -0.461. The molecule has 162 valence electrons. The van der Waals surface area contributed by atoms with Crippen molar-refractivity contribution in [3.05, 3.63) is 73.9 Å². The number of amides is 1. The van der Waals surface area contributed by atoms with E-state index in [4.69, 9.17) is 4.42 Å². The molecule has 1 saturated heterocycles. The minimum absolute atomic E-state index is 0.0579. The van der Waals surface area contributed by atoms with Gasteiger partial charge in [-0.15, -0.1) is 10.2 Å². The van der Waals surface area contributed by atoms with Crippen molar-refractivity contribution in [2.24, 2.45) is 0 Å². The lowest BCUT2D eigenvalue weighted by Crippen LogP contribution is -2.38. The van der Waals surface area contributed by atoms with Crippen molar-refractivity contribution in [2.45, 2.75) is 38.0 Å². The highest BCUT2D eigenvalue weighted by Crippen LogP contribution is 2.19. The van der Waals surface area contributed by atoms with E-state index in [-0.39, 0.29) is 41.3 Å². The van der Waals surface area contributed by atoms with E-state index < -0.39 is 5.69 Å². The third-order valence-electron chi connectivity index (χ3n) is 5.23. The van der Waals surface area contributed by atoms with Gasteiger partial charge < -0.3 is 14.3 Å². The molecule has 0 spiro atoms. The van der Waals surface area contributed by atoms with Crippen LogP contribution in [0.1, 0.15) is 35.6 Å². The number of carbonyl (C=O) groups excluding carboxylic acids is 1. The molecule has 0 aliphatic carbocycles. The van der Waals surface area contributed by atoms with E-state index in [0.717, 1.165) is 31.5 Å². The number of H-pyrrole nitrogens is 1. The van der Waals surface area contributed by atoms with E-state index in [1.165, 1.54) is 16.3 Å². The number of carbonyl (C=O) groups is 1. The molecule has 31 heavy (non-hydrogen) atoms. The Kier molecular flexibility index (Phi) is 6.36. The fraction of sp³-hybridized carbons (Fsp3) is 0.381. The van der Waals surface area contributed by atoms with Gasteiger partial charge in [-0.05, 0) is 25.3 Å². The lowest BCUT2D eigenvalue weighted by molar-refractivity contribution is -0.127. The summed E-state index contributed by atoms with van der Waals surface area (Å²) in [7, 11) is 0. The number of likely N-dealkylation sites (tertiary alicyclic amines) is 1. The lowest BCUT2D eigenvalue weighted by Gasteiger charge is -2.13. The summed E-state index contributed by atoms with van der Waals surface area (Å²) in [6.45, 7) is 3.45. The van der Waals surface area contributed by atoms with Gasteiger partial charge in [0.15, 0.2) is 0 Å². The second kappa shape index (κ2) is 9.34. The molecule has 1 aliphatic rings. The van der Waals surface area contributed by atoms with Gasteiger partial charge in [-0.2, -0.15) is 0 Å². The van der Waals surface area contributed by atoms with Crippen LogP contribution in [0, 0.1) is 6.92 Å². The molecule has 1 aromatic carbocycles. The highest BCUT2D eigenvalue weighted by atomic mass is 32.2. The highest BCUT2D eigenvalue weighted by Gasteiger charge is 2.20.